The highest BCUT2D eigenvalue weighted by Gasteiger charge is 2.33. The number of hydrogen-bond donors (Lipinski definition) is 0. The van der Waals surface area contributed by atoms with Crippen LogP contribution in [-0.2, 0) is 4.79 Å². The van der Waals surface area contributed by atoms with Gasteiger partial charge in [-0.05, 0) is 51.5 Å². The Hall–Kier alpha value is -1.53. The van der Waals surface area contributed by atoms with Crippen LogP contribution in [0.1, 0.15) is 5.56 Å². The summed E-state index contributed by atoms with van der Waals surface area (Å²) < 4.78 is 0.937. The molecule has 0 atom stereocenters. The molecular weight excluding hydrogens is 352 g/mol. The highest BCUT2D eigenvalue weighted by atomic mass is 79.9. The number of hydrogen-bond acceptors (Lipinski definition) is 4. The van der Waals surface area contributed by atoms with Crippen molar-refractivity contribution in [3.8, 4) is 0 Å². The number of rotatable bonds is 4. The zero-order chi connectivity index (χ0) is 15.6. The molecule has 0 N–H and O–H groups in total. The summed E-state index contributed by atoms with van der Waals surface area (Å²) in [7, 11) is 3.92. The Bertz CT molecular complexity index is 641. The van der Waals surface area contributed by atoms with Crippen LogP contribution >= 0.6 is 27.7 Å². The Labute approximate surface area is 136 Å². The number of thioether (sulfide) groups is 1. The summed E-state index contributed by atoms with van der Waals surface area (Å²) in [6, 6.07) is 5.81. The summed E-state index contributed by atoms with van der Waals surface area (Å²) in [5.74, 6) is -0.266. The maximum absolute atomic E-state index is 12.1. The highest BCUT2D eigenvalue weighted by Crippen LogP contribution is 2.33. The molecule has 1 aromatic rings. The molecule has 0 unspecified atom stereocenters. The van der Waals surface area contributed by atoms with E-state index in [2.05, 4.69) is 22.5 Å². The molecule has 110 valence electrons. The van der Waals surface area contributed by atoms with Crippen LogP contribution in [0.3, 0.4) is 0 Å². The topological polar surface area (TPSA) is 40.6 Å². The fourth-order valence-electron chi connectivity index (χ4n) is 1.91. The molecule has 21 heavy (non-hydrogen) atoms. The lowest BCUT2D eigenvalue weighted by molar-refractivity contribution is -0.122. The Morgan fingerprint density at radius 2 is 2.10 bits per heavy atom. The van der Waals surface area contributed by atoms with Crippen LogP contribution in [0.5, 0.6) is 0 Å². The van der Waals surface area contributed by atoms with Crippen molar-refractivity contribution in [1.29, 1.82) is 0 Å². The van der Waals surface area contributed by atoms with E-state index in [9.17, 15) is 9.59 Å². The van der Waals surface area contributed by atoms with Crippen molar-refractivity contribution >= 4 is 50.6 Å². The first-order valence-corrected chi connectivity index (χ1v) is 7.88. The van der Waals surface area contributed by atoms with Crippen LogP contribution in [0.25, 0.3) is 6.08 Å². The summed E-state index contributed by atoms with van der Waals surface area (Å²) in [4.78, 5) is 27.5. The second-order valence-corrected chi connectivity index (χ2v) is 6.53. The molecule has 1 saturated heterocycles. The molecule has 6 heteroatoms. The van der Waals surface area contributed by atoms with E-state index >= 15 is 0 Å². The quantitative estimate of drug-likeness (QED) is 0.601. The van der Waals surface area contributed by atoms with Gasteiger partial charge in [-0.1, -0.05) is 12.1 Å². The van der Waals surface area contributed by atoms with E-state index < -0.39 is 0 Å². The summed E-state index contributed by atoms with van der Waals surface area (Å²) in [5.41, 5.74) is 1.92. The number of anilines is 1. The van der Waals surface area contributed by atoms with Gasteiger partial charge in [0.25, 0.3) is 11.1 Å². The Kier molecular flexibility index (Phi) is 4.90. The van der Waals surface area contributed by atoms with Gasteiger partial charge in [0.15, 0.2) is 0 Å². The molecule has 1 aliphatic heterocycles. The van der Waals surface area contributed by atoms with Crippen molar-refractivity contribution in [3.05, 3.63) is 45.8 Å². The molecule has 0 radical (unpaired) electrons. The van der Waals surface area contributed by atoms with Crippen molar-refractivity contribution < 1.29 is 9.59 Å². The third-order valence-electron chi connectivity index (χ3n) is 2.94. The first kappa shape index (κ1) is 15.9. The minimum atomic E-state index is -0.266. The Morgan fingerprint density at radius 1 is 1.38 bits per heavy atom. The van der Waals surface area contributed by atoms with Crippen LogP contribution in [0.2, 0.25) is 0 Å². The van der Waals surface area contributed by atoms with E-state index in [4.69, 9.17) is 0 Å². The molecule has 2 amide bonds. The monoisotopic (exact) mass is 366 g/mol. The molecule has 2 rings (SSSR count). The predicted octanol–water partition coefficient (Wildman–Crippen LogP) is 3.74. The maximum atomic E-state index is 12.1. The van der Waals surface area contributed by atoms with E-state index in [0.29, 0.717) is 4.91 Å². The fraction of sp³-hybridized carbons (Fsp3) is 0.200. The molecule has 1 fully saturated rings. The number of carbonyl (C=O) groups excluding carboxylic acids is 2. The van der Waals surface area contributed by atoms with E-state index in [1.807, 2.05) is 37.2 Å². The molecule has 0 spiro atoms. The first-order chi connectivity index (χ1) is 9.93. The van der Waals surface area contributed by atoms with Gasteiger partial charge in [-0.3, -0.25) is 14.5 Å². The van der Waals surface area contributed by atoms with Gasteiger partial charge in [0.2, 0.25) is 0 Å². The van der Waals surface area contributed by atoms with Crippen molar-refractivity contribution in [3.63, 3.8) is 0 Å². The third kappa shape index (κ3) is 3.39. The number of halogens is 1. The van der Waals surface area contributed by atoms with Crippen LogP contribution in [0, 0.1) is 0 Å². The Morgan fingerprint density at radius 3 is 2.67 bits per heavy atom. The third-order valence-corrected chi connectivity index (χ3v) is 4.48. The summed E-state index contributed by atoms with van der Waals surface area (Å²) in [6.07, 6.45) is 3.28. The Balaban J connectivity index is 2.28. The molecule has 0 bridgehead atoms. The zero-order valence-electron chi connectivity index (χ0n) is 11.8. The molecule has 0 aliphatic carbocycles. The zero-order valence-corrected chi connectivity index (χ0v) is 14.2. The predicted molar refractivity (Wildman–Crippen MR) is 91.3 cm³/mol. The lowest BCUT2D eigenvalue weighted by atomic mass is 10.2. The number of amides is 2. The van der Waals surface area contributed by atoms with E-state index in [0.717, 1.165) is 27.5 Å². The van der Waals surface area contributed by atoms with Gasteiger partial charge in [0.05, 0.1) is 10.6 Å². The first-order valence-electron chi connectivity index (χ1n) is 6.27. The number of nitrogens with zero attached hydrogens (tertiary/aromatic N) is 2. The highest BCUT2D eigenvalue weighted by molar-refractivity contribution is 9.10. The van der Waals surface area contributed by atoms with Crippen molar-refractivity contribution in [2.75, 3.05) is 25.5 Å². The smallest absolute Gasteiger partial charge is 0.293 e. The van der Waals surface area contributed by atoms with Crippen molar-refractivity contribution in [1.82, 2.24) is 4.90 Å². The molecule has 1 aromatic carbocycles. The molecule has 1 heterocycles. The van der Waals surface area contributed by atoms with Gasteiger partial charge in [-0.15, -0.1) is 6.58 Å². The van der Waals surface area contributed by atoms with Crippen LogP contribution in [0.15, 0.2) is 40.2 Å². The fourth-order valence-corrected chi connectivity index (χ4v) is 3.51. The van der Waals surface area contributed by atoms with Crippen LogP contribution in [0.4, 0.5) is 10.5 Å². The second kappa shape index (κ2) is 6.49. The lowest BCUT2D eigenvalue weighted by Gasteiger charge is -2.14. The molecule has 4 nitrogen and oxygen atoms in total. The van der Waals surface area contributed by atoms with Gasteiger partial charge >= 0.3 is 0 Å². The minimum Gasteiger partial charge on any atom is -0.377 e. The average Bonchev–Trinajstić information content (AvgIpc) is 2.66. The van der Waals surface area contributed by atoms with Crippen LogP contribution in [-0.4, -0.2) is 36.7 Å². The van der Waals surface area contributed by atoms with E-state index in [1.54, 1.807) is 12.2 Å². The average molecular weight is 367 g/mol. The van der Waals surface area contributed by atoms with Gasteiger partial charge in [-0.25, -0.2) is 0 Å². The van der Waals surface area contributed by atoms with Crippen molar-refractivity contribution in [2.45, 2.75) is 0 Å². The van der Waals surface area contributed by atoms with Gasteiger partial charge in [0, 0.05) is 25.1 Å². The summed E-state index contributed by atoms with van der Waals surface area (Å²) >= 11 is 4.47. The molecular formula is C15H15BrN2O2S. The normalized spacial score (nSPS) is 16.7. The van der Waals surface area contributed by atoms with Gasteiger partial charge in [0.1, 0.15) is 0 Å². The lowest BCUT2D eigenvalue weighted by Crippen LogP contribution is -2.27. The van der Waals surface area contributed by atoms with E-state index in [-0.39, 0.29) is 17.7 Å². The summed E-state index contributed by atoms with van der Waals surface area (Å²) in [5, 5.41) is -0.255. The number of carbonyl (C=O) groups is 2. The molecule has 0 saturated carbocycles. The SMILES string of the molecule is C=CCN1C(=O)S/C(=C\c2ccc(N(C)C)c(Br)c2)C1=O. The summed E-state index contributed by atoms with van der Waals surface area (Å²) in [6.45, 7) is 3.80. The molecule has 1 aliphatic rings. The largest absolute Gasteiger partial charge is 0.377 e. The minimum absolute atomic E-state index is 0.241. The van der Waals surface area contributed by atoms with E-state index in [1.165, 1.54) is 4.90 Å². The van der Waals surface area contributed by atoms with Crippen molar-refractivity contribution in [2.24, 2.45) is 0 Å². The molecule has 0 aromatic heterocycles. The van der Waals surface area contributed by atoms with Gasteiger partial charge < -0.3 is 4.90 Å². The maximum Gasteiger partial charge on any atom is 0.293 e. The van der Waals surface area contributed by atoms with Crippen LogP contribution < -0.4 is 4.90 Å². The number of benzene rings is 1. The standard InChI is InChI=1S/C15H15BrN2O2S/c1-4-7-18-14(19)13(21-15(18)20)9-10-5-6-12(17(2)3)11(16)8-10/h4-6,8-9H,1,7H2,2-3H3/b13-9-. The number of imide groups is 1. The second-order valence-electron chi connectivity index (χ2n) is 4.69. The van der Waals surface area contributed by atoms with Gasteiger partial charge in [-0.2, -0.15) is 0 Å².